The lowest BCUT2D eigenvalue weighted by Crippen LogP contribution is -2.00. The van der Waals surface area contributed by atoms with Crippen LogP contribution in [-0.2, 0) is 4.79 Å². The first-order chi connectivity index (χ1) is 12.1. The lowest BCUT2D eigenvalue weighted by molar-refractivity contribution is -0.130. The summed E-state index contributed by atoms with van der Waals surface area (Å²) >= 11 is 0. The molecular weight excluding hydrogens is 316 g/mol. The molecule has 0 aliphatic heterocycles. The number of nitrogens with zero attached hydrogens (tertiary/aromatic N) is 2. The minimum absolute atomic E-state index is 0.0328. The molecule has 0 spiro atoms. The normalized spacial score (nSPS) is 10.9. The van der Waals surface area contributed by atoms with Crippen LogP contribution in [0.3, 0.4) is 0 Å². The van der Waals surface area contributed by atoms with E-state index in [-0.39, 0.29) is 5.57 Å². The zero-order chi connectivity index (χ0) is 17.4. The smallest absolute Gasteiger partial charge is 0.335 e. The molecule has 0 radical (unpaired) electrons. The molecule has 6 nitrogen and oxygen atoms in total. The molecule has 0 bridgehead atoms. The summed E-state index contributed by atoms with van der Waals surface area (Å²) in [6.07, 6.45) is 3.36. The summed E-state index contributed by atoms with van der Waals surface area (Å²) in [6, 6.07) is 13.1. The van der Waals surface area contributed by atoms with Crippen molar-refractivity contribution in [1.29, 1.82) is 0 Å². The standard InChI is InChI=1S/C19H14N4O2/c1-11(19(24)25)12-2-4-17-15(9-12)18(22-10-21-17)23-14-3-5-16-13(8-14)6-7-20-16/h2-10,20H,1H2,(H,24,25)(H,21,22,23). The maximum Gasteiger partial charge on any atom is 0.335 e. The van der Waals surface area contributed by atoms with Crippen LogP contribution in [0.2, 0.25) is 0 Å². The van der Waals surface area contributed by atoms with E-state index in [9.17, 15) is 4.79 Å². The molecule has 0 aliphatic rings. The van der Waals surface area contributed by atoms with Gasteiger partial charge in [0.05, 0.1) is 11.1 Å². The van der Waals surface area contributed by atoms with Crippen LogP contribution in [-0.4, -0.2) is 26.0 Å². The average molecular weight is 330 g/mol. The Morgan fingerprint density at radius 1 is 1.12 bits per heavy atom. The van der Waals surface area contributed by atoms with Crippen LogP contribution in [0.15, 0.2) is 61.6 Å². The second-order valence-electron chi connectivity index (χ2n) is 5.64. The van der Waals surface area contributed by atoms with Gasteiger partial charge in [0.1, 0.15) is 12.1 Å². The summed E-state index contributed by atoms with van der Waals surface area (Å²) < 4.78 is 0. The largest absolute Gasteiger partial charge is 0.478 e. The van der Waals surface area contributed by atoms with Crippen LogP contribution < -0.4 is 5.32 Å². The molecule has 0 atom stereocenters. The second kappa shape index (κ2) is 5.76. The van der Waals surface area contributed by atoms with E-state index in [0.717, 1.165) is 27.5 Å². The number of hydrogen-bond donors (Lipinski definition) is 3. The summed E-state index contributed by atoms with van der Waals surface area (Å²) in [7, 11) is 0. The number of rotatable bonds is 4. The van der Waals surface area contributed by atoms with Crippen LogP contribution in [0.1, 0.15) is 5.56 Å². The number of carbonyl (C=O) groups is 1. The number of aliphatic carboxylic acids is 1. The van der Waals surface area contributed by atoms with Gasteiger partial charge in [-0.1, -0.05) is 12.6 Å². The van der Waals surface area contributed by atoms with E-state index in [4.69, 9.17) is 5.11 Å². The Morgan fingerprint density at radius 3 is 2.84 bits per heavy atom. The summed E-state index contributed by atoms with van der Waals surface area (Å²) in [5.74, 6) is -0.441. The summed E-state index contributed by atoms with van der Waals surface area (Å²) in [4.78, 5) is 22.9. The monoisotopic (exact) mass is 330 g/mol. The highest BCUT2D eigenvalue weighted by Crippen LogP contribution is 2.27. The van der Waals surface area contributed by atoms with Gasteiger partial charge in [-0.3, -0.25) is 0 Å². The van der Waals surface area contributed by atoms with Crippen LogP contribution in [0.5, 0.6) is 0 Å². The van der Waals surface area contributed by atoms with Crippen molar-refractivity contribution >= 4 is 44.9 Å². The number of hydrogen-bond acceptors (Lipinski definition) is 4. The molecule has 2 aromatic heterocycles. The molecule has 0 saturated heterocycles. The molecule has 0 unspecified atom stereocenters. The first-order valence-corrected chi connectivity index (χ1v) is 7.63. The van der Waals surface area contributed by atoms with Gasteiger partial charge < -0.3 is 15.4 Å². The fraction of sp³-hybridized carbons (Fsp3) is 0. The zero-order valence-corrected chi connectivity index (χ0v) is 13.2. The molecule has 2 aromatic carbocycles. The molecule has 2 heterocycles. The van der Waals surface area contributed by atoms with Gasteiger partial charge in [-0.25, -0.2) is 14.8 Å². The number of aromatic amines is 1. The predicted molar refractivity (Wildman–Crippen MR) is 97.8 cm³/mol. The fourth-order valence-corrected chi connectivity index (χ4v) is 2.74. The highest BCUT2D eigenvalue weighted by Gasteiger charge is 2.11. The van der Waals surface area contributed by atoms with Gasteiger partial charge >= 0.3 is 5.97 Å². The van der Waals surface area contributed by atoms with Gasteiger partial charge in [-0.05, 0) is 42.0 Å². The minimum Gasteiger partial charge on any atom is -0.478 e. The Balaban J connectivity index is 1.78. The van der Waals surface area contributed by atoms with E-state index >= 15 is 0 Å². The summed E-state index contributed by atoms with van der Waals surface area (Å²) in [5.41, 5.74) is 3.22. The number of anilines is 2. The molecule has 122 valence electrons. The van der Waals surface area contributed by atoms with Crippen molar-refractivity contribution in [3.8, 4) is 0 Å². The SMILES string of the molecule is C=C(C(=O)O)c1ccc2ncnc(Nc3ccc4[nH]ccc4c3)c2c1. The lowest BCUT2D eigenvalue weighted by atomic mass is 10.1. The molecule has 0 aliphatic carbocycles. The number of benzene rings is 2. The third-order valence-corrected chi connectivity index (χ3v) is 4.06. The molecule has 3 N–H and O–H groups in total. The number of carboxylic acid groups (broad SMARTS) is 1. The van der Waals surface area contributed by atoms with Gasteiger partial charge in [-0.2, -0.15) is 0 Å². The lowest BCUT2D eigenvalue weighted by Gasteiger charge is -2.10. The van der Waals surface area contributed by atoms with E-state index in [1.54, 1.807) is 18.2 Å². The van der Waals surface area contributed by atoms with E-state index in [0.29, 0.717) is 11.4 Å². The maximum atomic E-state index is 11.2. The maximum absolute atomic E-state index is 11.2. The van der Waals surface area contributed by atoms with Crippen molar-refractivity contribution in [1.82, 2.24) is 15.0 Å². The van der Waals surface area contributed by atoms with Crippen LogP contribution in [0, 0.1) is 0 Å². The van der Waals surface area contributed by atoms with Crippen molar-refractivity contribution < 1.29 is 9.90 Å². The zero-order valence-electron chi connectivity index (χ0n) is 13.2. The van der Waals surface area contributed by atoms with Crippen molar-refractivity contribution in [3.05, 3.63) is 67.1 Å². The molecule has 0 saturated carbocycles. The van der Waals surface area contributed by atoms with Crippen LogP contribution in [0.4, 0.5) is 11.5 Å². The topological polar surface area (TPSA) is 90.9 Å². The highest BCUT2D eigenvalue weighted by atomic mass is 16.4. The highest BCUT2D eigenvalue weighted by molar-refractivity contribution is 6.15. The Labute approximate surface area is 142 Å². The molecule has 4 aromatic rings. The number of carboxylic acids is 1. The number of H-pyrrole nitrogens is 1. The first-order valence-electron chi connectivity index (χ1n) is 7.63. The van der Waals surface area contributed by atoms with Crippen molar-refractivity contribution in [2.45, 2.75) is 0 Å². The Bertz CT molecular complexity index is 1130. The van der Waals surface area contributed by atoms with E-state index in [1.165, 1.54) is 6.33 Å². The Hall–Kier alpha value is -3.67. The van der Waals surface area contributed by atoms with E-state index < -0.39 is 5.97 Å². The third kappa shape index (κ3) is 2.70. The molecular formula is C19H14N4O2. The minimum atomic E-state index is -1.05. The van der Waals surface area contributed by atoms with Gasteiger partial charge in [0.25, 0.3) is 0 Å². The van der Waals surface area contributed by atoms with Gasteiger partial charge in [0, 0.05) is 28.2 Å². The molecule has 25 heavy (non-hydrogen) atoms. The first kappa shape index (κ1) is 14.9. The van der Waals surface area contributed by atoms with Gasteiger partial charge in [-0.15, -0.1) is 0 Å². The summed E-state index contributed by atoms with van der Waals surface area (Å²) in [5, 5.41) is 14.2. The van der Waals surface area contributed by atoms with Gasteiger partial charge in [0.15, 0.2) is 0 Å². The van der Waals surface area contributed by atoms with Crippen molar-refractivity contribution in [2.24, 2.45) is 0 Å². The van der Waals surface area contributed by atoms with Crippen LogP contribution >= 0.6 is 0 Å². The Kier molecular flexibility index (Phi) is 3.43. The summed E-state index contributed by atoms with van der Waals surface area (Å²) in [6.45, 7) is 3.61. The van der Waals surface area contributed by atoms with Crippen LogP contribution in [0.25, 0.3) is 27.4 Å². The third-order valence-electron chi connectivity index (χ3n) is 4.06. The number of fused-ring (bicyclic) bond motifs is 2. The second-order valence-corrected chi connectivity index (χ2v) is 5.64. The van der Waals surface area contributed by atoms with E-state index in [2.05, 4.69) is 26.8 Å². The molecule has 4 rings (SSSR count). The molecule has 6 heteroatoms. The quantitative estimate of drug-likeness (QED) is 0.493. The van der Waals surface area contributed by atoms with E-state index in [1.807, 2.05) is 30.5 Å². The number of nitrogens with one attached hydrogen (secondary N) is 2. The molecule has 0 fully saturated rings. The molecule has 0 amide bonds. The predicted octanol–water partition coefficient (Wildman–Crippen LogP) is 3.95. The fourth-order valence-electron chi connectivity index (χ4n) is 2.74. The Morgan fingerprint density at radius 2 is 2.00 bits per heavy atom. The van der Waals surface area contributed by atoms with Crippen molar-refractivity contribution in [3.63, 3.8) is 0 Å². The van der Waals surface area contributed by atoms with Crippen molar-refractivity contribution in [2.75, 3.05) is 5.32 Å². The number of aromatic nitrogens is 3. The van der Waals surface area contributed by atoms with Gasteiger partial charge in [0.2, 0.25) is 0 Å². The average Bonchev–Trinajstić information content (AvgIpc) is 3.08.